The zero-order valence-electron chi connectivity index (χ0n) is 15.0. The first-order chi connectivity index (χ1) is 13.6. The van der Waals surface area contributed by atoms with Crippen LogP contribution in [0.2, 0.25) is 0 Å². The maximum absolute atomic E-state index is 12.9. The summed E-state index contributed by atoms with van der Waals surface area (Å²) in [6.07, 6.45) is 1.18. The standard InChI is InChI=1S/C16H13F3N6O3S/c1-9-14(24-29(2,26)8-10-6-20-27-7-10)25-4-3-11(5-12(25)21-9)13-22-15(28-23-13)16(17,18)19/h3-7H,8H2,1-2H3. The molecule has 0 bridgehead atoms. The summed E-state index contributed by atoms with van der Waals surface area (Å²) in [5.74, 6) is -1.13. The third kappa shape index (κ3) is 3.85. The van der Waals surface area contributed by atoms with Gasteiger partial charge < -0.3 is 9.05 Å². The minimum absolute atomic E-state index is 0.143. The molecule has 0 saturated carbocycles. The van der Waals surface area contributed by atoms with Gasteiger partial charge in [0.05, 0.1) is 27.4 Å². The first-order valence-corrected chi connectivity index (χ1v) is 10.2. The molecule has 9 nitrogen and oxygen atoms in total. The lowest BCUT2D eigenvalue weighted by molar-refractivity contribution is -0.159. The number of hydrogen-bond donors (Lipinski definition) is 0. The average molecular weight is 426 g/mol. The molecule has 4 heterocycles. The lowest BCUT2D eigenvalue weighted by atomic mass is 10.2. The Hall–Kier alpha value is -3.22. The van der Waals surface area contributed by atoms with Gasteiger partial charge in [-0.15, -0.1) is 0 Å². The van der Waals surface area contributed by atoms with Gasteiger partial charge in [0.15, 0.2) is 5.82 Å². The predicted octanol–water partition coefficient (Wildman–Crippen LogP) is 3.63. The summed E-state index contributed by atoms with van der Waals surface area (Å²) in [6.45, 7) is 1.69. The molecule has 1 unspecified atom stereocenters. The second-order valence-corrected chi connectivity index (χ2v) is 8.70. The summed E-state index contributed by atoms with van der Waals surface area (Å²) >= 11 is 0. The number of aryl methyl sites for hydroxylation is 1. The molecule has 0 aliphatic carbocycles. The molecular weight excluding hydrogens is 413 g/mol. The number of nitrogens with zero attached hydrogens (tertiary/aromatic N) is 6. The van der Waals surface area contributed by atoms with E-state index in [1.807, 2.05) is 0 Å². The summed E-state index contributed by atoms with van der Waals surface area (Å²) in [6, 6.07) is 2.99. The van der Waals surface area contributed by atoms with E-state index in [2.05, 4.69) is 29.2 Å². The van der Waals surface area contributed by atoms with E-state index in [-0.39, 0.29) is 17.1 Å². The Kier molecular flexibility index (Phi) is 4.41. The summed E-state index contributed by atoms with van der Waals surface area (Å²) in [5.41, 5.74) is 1.83. The summed E-state index contributed by atoms with van der Waals surface area (Å²) < 4.78 is 65.8. The van der Waals surface area contributed by atoms with Crippen LogP contribution in [0, 0.1) is 6.92 Å². The molecule has 0 aromatic carbocycles. The van der Waals surface area contributed by atoms with Crippen molar-refractivity contribution in [1.82, 2.24) is 24.7 Å². The molecule has 0 spiro atoms. The summed E-state index contributed by atoms with van der Waals surface area (Å²) in [5, 5.41) is 6.94. The van der Waals surface area contributed by atoms with Crippen LogP contribution in [0.1, 0.15) is 17.1 Å². The molecule has 152 valence electrons. The van der Waals surface area contributed by atoms with Crippen molar-refractivity contribution in [2.45, 2.75) is 18.9 Å². The molecule has 4 rings (SSSR count). The minimum Gasteiger partial charge on any atom is -0.364 e. The lowest BCUT2D eigenvalue weighted by Crippen LogP contribution is -2.04. The van der Waals surface area contributed by atoms with Gasteiger partial charge in [0.2, 0.25) is 5.82 Å². The molecule has 4 aromatic rings. The van der Waals surface area contributed by atoms with E-state index in [0.717, 1.165) is 0 Å². The normalized spacial score (nSPS) is 14.2. The van der Waals surface area contributed by atoms with Crippen molar-refractivity contribution >= 4 is 21.2 Å². The molecule has 0 aliphatic rings. The van der Waals surface area contributed by atoms with Crippen molar-refractivity contribution in [2.24, 2.45) is 4.36 Å². The van der Waals surface area contributed by atoms with Crippen molar-refractivity contribution in [3.05, 3.63) is 47.9 Å². The summed E-state index contributed by atoms with van der Waals surface area (Å²) in [7, 11) is -2.67. The number of hydrogen-bond acceptors (Lipinski definition) is 8. The van der Waals surface area contributed by atoms with Crippen LogP contribution in [0.4, 0.5) is 19.0 Å². The van der Waals surface area contributed by atoms with Crippen LogP contribution < -0.4 is 0 Å². The molecule has 0 saturated heterocycles. The largest absolute Gasteiger partial charge is 0.471 e. The van der Waals surface area contributed by atoms with Crippen molar-refractivity contribution in [3.63, 3.8) is 0 Å². The maximum atomic E-state index is 12.9. The molecule has 0 N–H and O–H groups in total. The van der Waals surface area contributed by atoms with Crippen LogP contribution in [-0.4, -0.2) is 35.1 Å². The third-order valence-corrected chi connectivity index (χ3v) is 5.32. The number of fused-ring (bicyclic) bond motifs is 1. The first kappa shape index (κ1) is 19.1. The lowest BCUT2D eigenvalue weighted by Gasteiger charge is -2.03. The van der Waals surface area contributed by atoms with Crippen molar-refractivity contribution in [3.8, 4) is 11.4 Å². The smallest absolute Gasteiger partial charge is 0.364 e. The van der Waals surface area contributed by atoms with Crippen LogP contribution >= 0.6 is 0 Å². The van der Waals surface area contributed by atoms with Gasteiger partial charge in [-0.1, -0.05) is 10.3 Å². The maximum Gasteiger partial charge on any atom is 0.471 e. The number of rotatable bonds is 4. The molecule has 0 amide bonds. The Morgan fingerprint density at radius 3 is 2.76 bits per heavy atom. The monoisotopic (exact) mass is 426 g/mol. The van der Waals surface area contributed by atoms with Crippen molar-refractivity contribution < 1.29 is 26.4 Å². The molecular formula is C16H13F3N6O3S. The molecule has 4 aromatic heterocycles. The van der Waals surface area contributed by atoms with Crippen molar-refractivity contribution in [2.75, 3.05) is 6.26 Å². The Labute approximate surface area is 161 Å². The second kappa shape index (κ2) is 6.69. The molecule has 13 heteroatoms. The van der Waals surface area contributed by atoms with Crippen LogP contribution in [0.5, 0.6) is 0 Å². The number of alkyl halides is 3. The van der Waals surface area contributed by atoms with Gasteiger partial charge in [0.1, 0.15) is 11.9 Å². The number of aromatic nitrogens is 5. The van der Waals surface area contributed by atoms with E-state index in [4.69, 9.17) is 4.52 Å². The average Bonchev–Trinajstić information content (AvgIpc) is 3.35. The molecule has 1 atom stereocenters. The van der Waals surface area contributed by atoms with E-state index in [0.29, 0.717) is 22.7 Å². The number of halogens is 3. The quantitative estimate of drug-likeness (QED) is 0.490. The zero-order chi connectivity index (χ0) is 20.8. The Bertz CT molecular complexity index is 1300. The fourth-order valence-corrected chi connectivity index (χ4v) is 4.09. The fraction of sp³-hybridized carbons (Fsp3) is 0.250. The van der Waals surface area contributed by atoms with E-state index < -0.39 is 21.8 Å². The highest BCUT2D eigenvalue weighted by atomic mass is 32.2. The Morgan fingerprint density at radius 1 is 1.31 bits per heavy atom. The first-order valence-electron chi connectivity index (χ1n) is 8.10. The van der Waals surface area contributed by atoms with Crippen LogP contribution in [-0.2, 0) is 21.7 Å². The number of imidazole rings is 1. The molecule has 0 radical (unpaired) electrons. The zero-order valence-corrected chi connectivity index (χ0v) is 15.9. The minimum atomic E-state index is -4.73. The van der Waals surface area contributed by atoms with Gasteiger partial charge in [-0.2, -0.15) is 22.5 Å². The number of pyridine rings is 1. The SMILES string of the molecule is Cc1nc2cc(-c3noc(C(F)(F)F)n3)ccn2c1N=S(C)(=O)Cc1cnoc1. The highest BCUT2D eigenvalue weighted by molar-refractivity contribution is 7.92. The highest BCUT2D eigenvalue weighted by Crippen LogP contribution is 2.30. The predicted molar refractivity (Wildman–Crippen MR) is 94.6 cm³/mol. The van der Waals surface area contributed by atoms with Gasteiger partial charge in [0, 0.05) is 23.6 Å². The second-order valence-electron chi connectivity index (χ2n) is 6.31. The van der Waals surface area contributed by atoms with E-state index in [1.165, 1.54) is 30.8 Å². The van der Waals surface area contributed by atoms with Gasteiger partial charge in [-0.25, -0.2) is 9.19 Å². The van der Waals surface area contributed by atoms with Gasteiger partial charge in [-0.05, 0) is 19.1 Å². The summed E-state index contributed by atoms with van der Waals surface area (Å²) in [4.78, 5) is 7.71. The third-order valence-electron chi connectivity index (χ3n) is 3.89. The van der Waals surface area contributed by atoms with Crippen LogP contribution in [0.3, 0.4) is 0 Å². The van der Waals surface area contributed by atoms with Crippen LogP contribution in [0.25, 0.3) is 17.0 Å². The Balaban J connectivity index is 1.73. The van der Waals surface area contributed by atoms with Gasteiger partial charge in [-0.3, -0.25) is 4.40 Å². The van der Waals surface area contributed by atoms with Crippen molar-refractivity contribution in [1.29, 1.82) is 0 Å². The fourth-order valence-electron chi connectivity index (χ4n) is 2.68. The van der Waals surface area contributed by atoms with Gasteiger partial charge >= 0.3 is 12.1 Å². The topological polar surface area (TPSA) is 112 Å². The molecule has 0 fully saturated rings. The van der Waals surface area contributed by atoms with E-state index in [1.54, 1.807) is 17.5 Å². The van der Waals surface area contributed by atoms with Crippen LogP contribution in [0.15, 0.2) is 44.2 Å². The van der Waals surface area contributed by atoms with E-state index in [9.17, 15) is 17.4 Å². The molecule has 0 aliphatic heterocycles. The Morgan fingerprint density at radius 2 is 2.10 bits per heavy atom. The highest BCUT2D eigenvalue weighted by Gasteiger charge is 2.38. The molecule has 29 heavy (non-hydrogen) atoms. The van der Waals surface area contributed by atoms with E-state index >= 15 is 0 Å². The van der Waals surface area contributed by atoms with Gasteiger partial charge in [0.25, 0.3) is 0 Å².